The molecule has 0 spiro atoms. The quantitative estimate of drug-likeness (QED) is 0.314. The minimum absolute atomic E-state index is 0.0634. The molecule has 0 radical (unpaired) electrons. The highest BCUT2D eigenvalue weighted by atomic mass is 16.5. The molecule has 5 amide bonds. The molecule has 2 aromatic carbocycles. The van der Waals surface area contributed by atoms with Gasteiger partial charge in [-0.3, -0.25) is 24.0 Å². The summed E-state index contributed by atoms with van der Waals surface area (Å²) in [4.78, 5) is 70.7. The first-order valence-electron chi connectivity index (χ1n) is 17.3. The Bertz CT molecular complexity index is 1610. The Morgan fingerprint density at radius 1 is 0.922 bits per heavy atom. The van der Waals surface area contributed by atoms with Crippen LogP contribution >= 0.6 is 0 Å². The van der Waals surface area contributed by atoms with Crippen molar-refractivity contribution in [2.75, 3.05) is 33.8 Å². The third-order valence-electron chi connectivity index (χ3n) is 8.84. The summed E-state index contributed by atoms with van der Waals surface area (Å²) >= 11 is 0. The summed E-state index contributed by atoms with van der Waals surface area (Å²) < 4.78 is 6.83. The Morgan fingerprint density at radius 2 is 1.61 bits per heavy atom. The molecule has 15 nitrogen and oxygen atoms in total. The molecular formula is C36H49N9O6. The van der Waals surface area contributed by atoms with Gasteiger partial charge in [0.2, 0.25) is 23.6 Å². The van der Waals surface area contributed by atoms with Crippen molar-refractivity contribution >= 4 is 29.5 Å². The van der Waals surface area contributed by atoms with Crippen LogP contribution in [-0.4, -0.2) is 111 Å². The summed E-state index contributed by atoms with van der Waals surface area (Å²) in [7, 11) is 3.09. The monoisotopic (exact) mass is 703 g/mol. The van der Waals surface area contributed by atoms with Crippen molar-refractivity contribution in [3.05, 3.63) is 71.5 Å². The molecule has 3 aromatic rings. The van der Waals surface area contributed by atoms with Gasteiger partial charge in [0.1, 0.15) is 30.2 Å². The fourth-order valence-corrected chi connectivity index (χ4v) is 5.80. The Kier molecular flexibility index (Phi) is 14.0. The molecule has 3 atom stereocenters. The van der Waals surface area contributed by atoms with Gasteiger partial charge in [-0.2, -0.15) is 0 Å². The summed E-state index contributed by atoms with van der Waals surface area (Å²) in [5, 5.41) is 19.8. The highest BCUT2D eigenvalue weighted by Gasteiger charge is 2.32. The summed E-state index contributed by atoms with van der Waals surface area (Å²) in [6.07, 6.45) is 2.93. The van der Waals surface area contributed by atoms with Crippen molar-refractivity contribution < 1.29 is 28.7 Å². The number of amides is 5. The van der Waals surface area contributed by atoms with Gasteiger partial charge in [0.15, 0.2) is 0 Å². The van der Waals surface area contributed by atoms with Crippen molar-refractivity contribution in [1.82, 2.24) is 46.0 Å². The fraction of sp³-hybridized carbons (Fsp3) is 0.500. The number of tetrazole rings is 1. The number of nitrogens with one attached hydrogen (secondary N) is 3. The molecule has 51 heavy (non-hydrogen) atoms. The molecule has 274 valence electrons. The number of nitrogens with zero attached hydrogens (tertiary/aromatic N) is 6. The van der Waals surface area contributed by atoms with E-state index in [2.05, 4.69) is 31.5 Å². The zero-order valence-corrected chi connectivity index (χ0v) is 30.0. The second kappa shape index (κ2) is 18.6. The van der Waals surface area contributed by atoms with E-state index in [1.54, 1.807) is 47.9 Å². The summed E-state index contributed by atoms with van der Waals surface area (Å²) in [6, 6.07) is 11.6. The molecule has 0 unspecified atom stereocenters. The first kappa shape index (κ1) is 38.5. The van der Waals surface area contributed by atoms with Crippen molar-refractivity contribution in [3.8, 4) is 5.75 Å². The molecule has 0 bridgehead atoms. The Labute approximate surface area is 298 Å². The predicted molar refractivity (Wildman–Crippen MR) is 188 cm³/mol. The molecule has 0 aliphatic carbocycles. The number of carbonyl (C=O) groups excluding carboxylic acids is 5. The van der Waals surface area contributed by atoms with E-state index in [1.165, 1.54) is 18.3 Å². The number of ether oxygens (including phenoxy) is 1. The van der Waals surface area contributed by atoms with E-state index in [1.807, 2.05) is 38.1 Å². The third-order valence-corrected chi connectivity index (χ3v) is 8.84. The Balaban J connectivity index is 1.52. The van der Waals surface area contributed by atoms with Gasteiger partial charge in [0.25, 0.3) is 5.91 Å². The summed E-state index contributed by atoms with van der Waals surface area (Å²) in [5.74, 6) is -1.11. The SMILES string of the molecule is COc1ccc(C[C@@H]2NC(=O)[C@@H](CC(C)C)NC(=O)CCCN(C(=O)c3ccc(Cn4cnnn4)cc3)CCCNC(=O)[C@H](C)N(C)C2=O)cc1. The van der Waals surface area contributed by atoms with E-state index < -0.39 is 29.9 Å². The smallest absolute Gasteiger partial charge is 0.253 e. The highest BCUT2D eigenvalue weighted by Crippen LogP contribution is 2.16. The van der Waals surface area contributed by atoms with Crippen LogP contribution in [0.4, 0.5) is 0 Å². The standard InChI is InChI=1S/C36H49N9O6/c1-24(2)20-30-34(48)40-31(21-26-11-15-29(51-5)16-12-26)36(50)43(4)25(3)33(47)37-17-7-19-44(18-6-8-32(46)39-30)35(49)28-13-9-27(10-14-28)22-45-23-38-41-42-45/h9-16,23-25,30-31H,6-8,17-22H2,1-5H3,(H,37,47)(H,39,46)(H,40,48)/t25-,30+,31-/m0/s1. The second-order valence-electron chi connectivity index (χ2n) is 13.2. The lowest BCUT2D eigenvalue weighted by Crippen LogP contribution is -2.57. The number of hydrogen-bond acceptors (Lipinski definition) is 9. The molecule has 1 aliphatic heterocycles. The average molecular weight is 704 g/mol. The molecule has 15 heteroatoms. The largest absolute Gasteiger partial charge is 0.497 e. The van der Waals surface area contributed by atoms with Gasteiger partial charge in [-0.25, -0.2) is 4.68 Å². The van der Waals surface area contributed by atoms with Crippen molar-refractivity contribution in [1.29, 1.82) is 0 Å². The van der Waals surface area contributed by atoms with E-state index in [0.717, 1.165) is 11.1 Å². The van der Waals surface area contributed by atoms with Crippen LogP contribution in [0.25, 0.3) is 0 Å². The molecule has 1 saturated heterocycles. The van der Waals surface area contributed by atoms with Crippen LogP contribution in [-0.2, 0) is 32.1 Å². The number of rotatable bonds is 8. The van der Waals surface area contributed by atoms with Gasteiger partial charge in [0, 0.05) is 45.1 Å². The van der Waals surface area contributed by atoms with E-state index in [0.29, 0.717) is 50.2 Å². The van der Waals surface area contributed by atoms with E-state index in [-0.39, 0.29) is 43.0 Å². The predicted octanol–water partition coefficient (Wildman–Crippen LogP) is 1.58. The van der Waals surface area contributed by atoms with E-state index in [4.69, 9.17) is 4.74 Å². The molecule has 0 saturated carbocycles. The zero-order valence-electron chi connectivity index (χ0n) is 30.0. The number of methoxy groups -OCH3 is 1. The molecule has 2 heterocycles. The van der Waals surface area contributed by atoms with E-state index in [9.17, 15) is 24.0 Å². The van der Waals surface area contributed by atoms with Crippen LogP contribution in [0.2, 0.25) is 0 Å². The van der Waals surface area contributed by atoms with Crippen LogP contribution < -0.4 is 20.7 Å². The highest BCUT2D eigenvalue weighted by molar-refractivity contribution is 5.95. The molecule has 1 aromatic heterocycles. The van der Waals surface area contributed by atoms with Gasteiger partial charge in [-0.05, 0) is 77.9 Å². The maximum Gasteiger partial charge on any atom is 0.253 e. The lowest BCUT2D eigenvalue weighted by atomic mass is 10.00. The van der Waals surface area contributed by atoms with Crippen molar-refractivity contribution in [2.24, 2.45) is 5.92 Å². The minimum atomic E-state index is -0.996. The normalized spacial score (nSPS) is 20.2. The van der Waals surface area contributed by atoms with Gasteiger partial charge < -0.3 is 30.5 Å². The summed E-state index contributed by atoms with van der Waals surface area (Å²) in [5.41, 5.74) is 2.19. The lowest BCUT2D eigenvalue weighted by Gasteiger charge is -2.30. The zero-order chi connectivity index (χ0) is 36.9. The Morgan fingerprint density at radius 3 is 2.25 bits per heavy atom. The number of likely N-dealkylation sites (N-methyl/N-ethyl adjacent to an activating group) is 1. The van der Waals surface area contributed by atoms with Crippen LogP contribution in [0, 0.1) is 5.92 Å². The average Bonchev–Trinajstić information content (AvgIpc) is 3.63. The maximum absolute atomic E-state index is 13.9. The minimum Gasteiger partial charge on any atom is -0.497 e. The first-order valence-corrected chi connectivity index (χ1v) is 17.3. The number of benzene rings is 2. The van der Waals surface area contributed by atoms with Gasteiger partial charge >= 0.3 is 0 Å². The molecule has 3 N–H and O–H groups in total. The van der Waals surface area contributed by atoms with Crippen LogP contribution in [0.3, 0.4) is 0 Å². The molecular weight excluding hydrogens is 654 g/mol. The van der Waals surface area contributed by atoms with Crippen molar-refractivity contribution in [3.63, 3.8) is 0 Å². The number of aromatic nitrogens is 4. The maximum atomic E-state index is 13.9. The van der Waals surface area contributed by atoms with Crippen LogP contribution in [0.5, 0.6) is 5.75 Å². The van der Waals surface area contributed by atoms with Crippen LogP contribution in [0.1, 0.15) is 67.9 Å². The lowest BCUT2D eigenvalue weighted by molar-refractivity contribution is -0.141. The second-order valence-corrected chi connectivity index (χ2v) is 13.2. The summed E-state index contributed by atoms with van der Waals surface area (Å²) in [6.45, 7) is 6.87. The third kappa shape index (κ3) is 11.3. The van der Waals surface area contributed by atoms with Gasteiger partial charge in [0.05, 0.1) is 13.7 Å². The van der Waals surface area contributed by atoms with Gasteiger partial charge in [-0.1, -0.05) is 38.1 Å². The first-order chi connectivity index (χ1) is 24.4. The fourth-order valence-electron chi connectivity index (χ4n) is 5.80. The topological polar surface area (TPSA) is 181 Å². The van der Waals surface area contributed by atoms with E-state index >= 15 is 0 Å². The molecule has 1 fully saturated rings. The van der Waals surface area contributed by atoms with Crippen molar-refractivity contribution in [2.45, 2.75) is 77.5 Å². The van der Waals surface area contributed by atoms with Gasteiger partial charge in [-0.15, -0.1) is 5.10 Å². The number of hydrogen-bond donors (Lipinski definition) is 3. The van der Waals surface area contributed by atoms with Crippen LogP contribution in [0.15, 0.2) is 54.9 Å². The Hall–Kier alpha value is -5.34. The molecule has 1 aliphatic rings. The number of carbonyl (C=O) groups is 5. The molecule has 4 rings (SSSR count).